The molecule has 0 radical (unpaired) electrons. The van der Waals surface area contributed by atoms with Crippen LogP contribution in [0.4, 0.5) is 36.3 Å². The van der Waals surface area contributed by atoms with E-state index in [1.807, 2.05) is 42.5 Å². The van der Waals surface area contributed by atoms with Gasteiger partial charge in [-0.15, -0.1) is 0 Å². The van der Waals surface area contributed by atoms with E-state index in [0.29, 0.717) is 17.3 Å². The minimum Gasteiger partial charge on any atom is -0.340 e. The quantitative estimate of drug-likeness (QED) is 0.437. The lowest BCUT2D eigenvalue weighted by molar-refractivity contribution is -0.137. The summed E-state index contributed by atoms with van der Waals surface area (Å²) in [4.78, 5) is 8.03. The number of benzene rings is 2. The van der Waals surface area contributed by atoms with Gasteiger partial charge in [0.15, 0.2) is 0 Å². The number of rotatable bonds is 6. The highest BCUT2D eigenvalue weighted by atomic mass is 19.4. The Hall–Kier alpha value is -3.09. The zero-order chi connectivity index (χ0) is 21.8. The normalized spacial score (nSPS) is 14.6. The van der Waals surface area contributed by atoms with Gasteiger partial charge in [-0.25, -0.2) is 4.98 Å². The molecule has 0 aliphatic heterocycles. The Labute approximate surface area is 179 Å². The number of nitrogens with one attached hydrogen (secondary N) is 2. The summed E-state index contributed by atoms with van der Waals surface area (Å²) < 4.78 is 40.7. The fourth-order valence-electron chi connectivity index (χ4n) is 3.96. The number of aryl methyl sites for hydroxylation is 1. The average Bonchev–Trinajstić information content (AvgIpc) is 3.29. The van der Waals surface area contributed by atoms with Crippen molar-refractivity contribution < 1.29 is 13.2 Å². The van der Waals surface area contributed by atoms with Gasteiger partial charge in [-0.2, -0.15) is 18.2 Å². The first-order chi connectivity index (χ1) is 14.9. The summed E-state index contributed by atoms with van der Waals surface area (Å²) in [7, 11) is 0. The molecule has 1 aromatic heterocycles. The van der Waals surface area contributed by atoms with Crippen molar-refractivity contribution in [1.82, 2.24) is 9.97 Å². The number of hydrogen-bond donors (Lipinski definition) is 2. The Morgan fingerprint density at radius 1 is 0.968 bits per heavy atom. The molecule has 3 aromatic rings. The number of anilines is 4. The van der Waals surface area contributed by atoms with E-state index in [4.69, 9.17) is 0 Å². The van der Waals surface area contributed by atoms with Crippen LogP contribution in [0.2, 0.25) is 0 Å². The van der Waals surface area contributed by atoms with Crippen molar-refractivity contribution in [3.05, 3.63) is 71.4 Å². The average molecular weight is 426 g/mol. The first-order valence-electron chi connectivity index (χ1n) is 10.6. The zero-order valence-corrected chi connectivity index (χ0v) is 17.3. The Morgan fingerprint density at radius 2 is 1.71 bits per heavy atom. The second-order valence-corrected chi connectivity index (χ2v) is 7.86. The van der Waals surface area contributed by atoms with Crippen molar-refractivity contribution in [1.29, 1.82) is 0 Å². The van der Waals surface area contributed by atoms with Gasteiger partial charge >= 0.3 is 6.18 Å². The maximum atomic E-state index is 13.6. The van der Waals surface area contributed by atoms with Gasteiger partial charge < -0.3 is 10.6 Å². The lowest BCUT2D eigenvalue weighted by Crippen LogP contribution is -2.12. The fourth-order valence-corrected chi connectivity index (χ4v) is 3.96. The maximum absolute atomic E-state index is 13.6. The van der Waals surface area contributed by atoms with Crippen LogP contribution in [-0.2, 0) is 12.6 Å². The lowest BCUT2D eigenvalue weighted by atomic mass is 9.97. The molecule has 1 saturated carbocycles. The van der Waals surface area contributed by atoms with Gasteiger partial charge in [0.2, 0.25) is 5.95 Å². The standard InChI is InChI=1S/C24H25F3N4/c1-2-16-10-12-19(13-11-16)30-23-28-15-21(24(25,26)27)22(31-23)29-20-9-5-8-18(14-20)17-6-3-4-7-17/h5,8-15,17H,2-4,6-7H2,1H3,(H2,28,29,30,31). The summed E-state index contributed by atoms with van der Waals surface area (Å²) in [6.45, 7) is 2.06. The number of halogens is 3. The monoisotopic (exact) mass is 426 g/mol. The summed E-state index contributed by atoms with van der Waals surface area (Å²) in [6.07, 6.45) is 1.80. The topological polar surface area (TPSA) is 49.8 Å². The van der Waals surface area contributed by atoms with E-state index < -0.39 is 11.7 Å². The summed E-state index contributed by atoms with van der Waals surface area (Å²) in [5, 5.41) is 5.86. The second kappa shape index (κ2) is 8.96. The molecule has 0 bridgehead atoms. The highest BCUT2D eigenvalue weighted by Gasteiger charge is 2.35. The molecule has 4 nitrogen and oxygen atoms in total. The molecule has 31 heavy (non-hydrogen) atoms. The van der Waals surface area contributed by atoms with E-state index >= 15 is 0 Å². The number of nitrogens with zero attached hydrogens (tertiary/aromatic N) is 2. The molecule has 0 unspecified atom stereocenters. The Kier molecular flexibility index (Phi) is 6.11. The van der Waals surface area contributed by atoms with Crippen molar-refractivity contribution in [3.63, 3.8) is 0 Å². The lowest BCUT2D eigenvalue weighted by Gasteiger charge is -2.16. The van der Waals surface area contributed by atoms with Gasteiger partial charge in [0.05, 0.1) is 0 Å². The molecule has 7 heteroatoms. The van der Waals surface area contributed by atoms with Gasteiger partial charge in [-0.1, -0.05) is 44.0 Å². The van der Waals surface area contributed by atoms with Gasteiger partial charge in [0.25, 0.3) is 0 Å². The van der Waals surface area contributed by atoms with Gasteiger partial charge in [0.1, 0.15) is 11.4 Å². The molecular weight excluding hydrogens is 401 g/mol. The highest BCUT2D eigenvalue weighted by Crippen LogP contribution is 2.37. The second-order valence-electron chi connectivity index (χ2n) is 7.86. The third kappa shape index (κ3) is 5.16. The van der Waals surface area contributed by atoms with Crippen LogP contribution in [0.5, 0.6) is 0 Å². The Morgan fingerprint density at radius 3 is 2.39 bits per heavy atom. The van der Waals surface area contributed by atoms with Crippen LogP contribution in [0.15, 0.2) is 54.7 Å². The van der Waals surface area contributed by atoms with Crippen molar-refractivity contribution in [2.24, 2.45) is 0 Å². The van der Waals surface area contributed by atoms with Crippen molar-refractivity contribution in [2.75, 3.05) is 10.6 Å². The predicted octanol–water partition coefficient (Wildman–Crippen LogP) is 7.20. The SMILES string of the molecule is CCc1ccc(Nc2ncc(C(F)(F)F)c(Nc3cccc(C4CCCC4)c3)n2)cc1. The van der Waals surface area contributed by atoms with Crippen molar-refractivity contribution >= 4 is 23.1 Å². The Bertz CT molecular complexity index is 1030. The molecule has 4 rings (SSSR count). The molecule has 0 amide bonds. The van der Waals surface area contributed by atoms with E-state index in [9.17, 15) is 13.2 Å². The molecule has 2 N–H and O–H groups in total. The van der Waals surface area contributed by atoms with E-state index in [1.54, 1.807) is 6.07 Å². The predicted molar refractivity (Wildman–Crippen MR) is 117 cm³/mol. The fraction of sp³-hybridized carbons (Fsp3) is 0.333. The summed E-state index contributed by atoms with van der Waals surface area (Å²) >= 11 is 0. The molecule has 0 spiro atoms. The molecule has 2 aromatic carbocycles. The smallest absolute Gasteiger partial charge is 0.340 e. The first-order valence-corrected chi connectivity index (χ1v) is 10.6. The van der Waals surface area contributed by atoms with Crippen LogP contribution in [0.3, 0.4) is 0 Å². The summed E-state index contributed by atoms with van der Waals surface area (Å²) in [5.41, 5.74) is 2.73. The van der Waals surface area contributed by atoms with Crippen LogP contribution in [-0.4, -0.2) is 9.97 Å². The minimum absolute atomic E-state index is 0.103. The molecule has 1 fully saturated rings. The number of alkyl halides is 3. The number of aromatic nitrogens is 2. The molecule has 0 atom stereocenters. The van der Waals surface area contributed by atoms with Gasteiger partial charge in [0, 0.05) is 17.6 Å². The van der Waals surface area contributed by atoms with Crippen molar-refractivity contribution in [3.8, 4) is 0 Å². The van der Waals surface area contributed by atoms with E-state index in [2.05, 4.69) is 27.5 Å². The molecule has 162 valence electrons. The van der Waals surface area contributed by atoms with Crippen LogP contribution in [0.25, 0.3) is 0 Å². The van der Waals surface area contributed by atoms with Crippen molar-refractivity contribution in [2.45, 2.75) is 51.1 Å². The number of hydrogen-bond acceptors (Lipinski definition) is 4. The van der Waals surface area contributed by atoms with E-state index in [0.717, 1.165) is 31.0 Å². The van der Waals surface area contributed by atoms with Crippen LogP contribution < -0.4 is 10.6 Å². The summed E-state index contributed by atoms with van der Waals surface area (Å²) in [5.74, 6) is 0.308. The zero-order valence-electron chi connectivity index (χ0n) is 17.3. The highest BCUT2D eigenvalue weighted by molar-refractivity contribution is 5.63. The largest absolute Gasteiger partial charge is 0.421 e. The molecule has 1 aliphatic carbocycles. The molecular formula is C24H25F3N4. The third-order valence-electron chi connectivity index (χ3n) is 5.69. The molecule has 1 aliphatic rings. The minimum atomic E-state index is -4.56. The third-order valence-corrected chi connectivity index (χ3v) is 5.69. The van der Waals surface area contributed by atoms with E-state index in [1.165, 1.54) is 18.4 Å². The maximum Gasteiger partial charge on any atom is 0.421 e. The Balaban J connectivity index is 1.61. The van der Waals surface area contributed by atoms with Gasteiger partial charge in [-0.3, -0.25) is 0 Å². The summed E-state index contributed by atoms with van der Waals surface area (Å²) in [6, 6.07) is 15.2. The molecule has 1 heterocycles. The van der Waals surface area contributed by atoms with Gasteiger partial charge in [-0.05, 0) is 60.6 Å². The first kappa shape index (κ1) is 21.2. The molecule has 0 saturated heterocycles. The van der Waals surface area contributed by atoms with E-state index in [-0.39, 0.29) is 11.8 Å². The van der Waals surface area contributed by atoms with Crippen LogP contribution in [0, 0.1) is 0 Å². The van der Waals surface area contributed by atoms with Crippen LogP contribution in [0.1, 0.15) is 55.2 Å². The van der Waals surface area contributed by atoms with Crippen LogP contribution >= 0.6 is 0 Å².